The number of carbonyl (C=O) groups is 1. The van der Waals surface area contributed by atoms with Crippen molar-refractivity contribution in [3.8, 4) is 0 Å². The van der Waals surface area contributed by atoms with Crippen molar-refractivity contribution in [3.05, 3.63) is 0 Å². The van der Waals surface area contributed by atoms with E-state index in [1.807, 2.05) is 20.8 Å². The minimum absolute atomic E-state index is 0.406. The van der Waals surface area contributed by atoms with Crippen LogP contribution in [0, 0.1) is 5.92 Å². The topological polar surface area (TPSA) is 56.8 Å². The lowest BCUT2D eigenvalue weighted by Gasteiger charge is -2.19. The fourth-order valence-electron chi connectivity index (χ4n) is 2.52. The van der Waals surface area contributed by atoms with Crippen LogP contribution in [0.1, 0.15) is 79.6 Å². The lowest BCUT2D eigenvalue weighted by molar-refractivity contribution is 0.0367. The lowest BCUT2D eigenvalue weighted by Crippen LogP contribution is -2.34. The second kappa shape index (κ2) is 15.4. The van der Waals surface area contributed by atoms with Gasteiger partial charge in [0.15, 0.2) is 0 Å². The zero-order chi connectivity index (χ0) is 19.0. The van der Waals surface area contributed by atoms with Gasteiger partial charge in [-0.3, -0.25) is 0 Å². The molecule has 0 heterocycles. The van der Waals surface area contributed by atoms with Crippen LogP contribution in [0.2, 0.25) is 0 Å². The first-order chi connectivity index (χ1) is 11.9. The van der Waals surface area contributed by atoms with E-state index in [1.54, 1.807) is 0 Å². The fourth-order valence-corrected chi connectivity index (χ4v) is 2.52. The van der Waals surface area contributed by atoms with Gasteiger partial charge in [0.1, 0.15) is 5.60 Å². The van der Waals surface area contributed by atoms with Crippen molar-refractivity contribution in [2.75, 3.05) is 33.0 Å². The maximum absolute atomic E-state index is 11.4. The molecule has 1 N–H and O–H groups in total. The molecule has 5 heteroatoms. The molecule has 0 bridgehead atoms. The maximum Gasteiger partial charge on any atom is 0.407 e. The molecule has 1 amide bonds. The minimum Gasteiger partial charge on any atom is -0.444 e. The molecule has 0 aromatic rings. The number of amides is 1. The van der Waals surface area contributed by atoms with Crippen molar-refractivity contribution in [2.24, 2.45) is 5.92 Å². The quantitative estimate of drug-likeness (QED) is 0.421. The molecule has 0 spiro atoms. The van der Waals surface area contributed by atoms with Crippen LogP contribution in [-0.2, 0) is 14.2 Å². The number of nitrogens with one attached hydrogen (secondary N) is 1. The maximum atomic E-state index is 11.4. The Morgan fingerprint density at radius 2 is 1.60 bits per heavy atom. The van der Waals surface area contributed by atoms with Crippen LogP contribution in [0.25, 0.3) is 0 Å². The Morgan fingerprint density at radius 1 is 0.920 bits per heavy atom. The molecule has 150 valence electrons. The molecule has 25 heavy (non-hydrogen) atoms. The third-order valence-electron chi connectivity index (χ3n) is 4.00. The summed E-state index contributed by atoms with van der Waals surface area (Å²) in [4.78, 5) is 11.4. The smallest absolute Gasteiger partial charge is 0.407 e. The molecule has 0 saturated carbocycles. The molecule has 0 rings (SSSR count). The summed E-state index contributed by atoms with van der Waals surface area (Å²) in [6.45, 7) is 12.9. The van der Waals surface area contributed by atoms with Gasteiger partial charge in [-0.05, 0) is 33.1 Å². The predicted molar refractivity (Wildman–Crippen MR) is 103 cm³/mol. The number of ether oxygens (including phenoxy) is 3. The molecule has 0 saturated heterocycles. The summed E-state index contributed by atoms with van der Waals surface area (Å²) >= 11 is 0. The van der Waals surface area contributed by atoms with Crippen LogP contribution in [-0.4, -0.2) is 44.7 Å². The van der Waals surface area contributed by atoms with E-state index in [2.05, 4.69) is 19.2 Å². The minimum atomic E-state index is -0.467. The van der Waals surface area contributed by atoms with E-state index in [1.165, 1.54) is 38.5 Å². The number of alkyl carbamates (subject to hydrolysis) is 1. The van der Waals surface area contributed by atoms with Crippen molar-refractivity contribution in [1.29, 1.82) is 0 Å². The van der Waals surface area contributed by atoms with E-state index in [-0.39, 0.29) is 0 Å². The van der Waals surface area contributed by atoms with Crippen molar-refractivity contribution in [3.63, 3.8) is 0 Å². The molecular weight excluding hydrogens is 318 g/mol. The highest BCUT2D eigenvalue weighted by molar-refractivity contribution is 5.67. The van der Waals surface area contributed by atoms with Crippen molar-refractivity contribution in [2.45, 2.75) is 85.2 Å². The molecule has 0 radical (unpaired) electrons. The summed E-state index contributed by atoms with van der Waals surface area (Å²) in [5.41, 5.74) is -0.467. The van der Waals surface area contributed by atoms with E-state index < -0.39 is 11.7 Å². The molecule has 0 aliphatic carbocycles. The van der Waals surface area contributed by atoms with Crippen molar-refractivity contribution < 1.29 is 19.0 Å². The van der Waals surface area contributed by atoms with Crippen LogP contribution < -0.4 is 5.32 Å². The van der Waals surface area contributed by atoms with Crippen LogP contribution >= 0.6 is 0 Å². The summed E-state index contributed by atoms with van der Waals surface area (Å²) in [6.07, 6.45) is 8.66. The van der Waals surface area contributed by atoms with Gasteiger partial charge < -0.3 is 19.5 Å². The molecule has 1 unspecified atom stereocenters. The van der Waals surface area contributed by atoms with E-state index >= 15 is 0 Å². The van der Waals surface area contributed by atoms with Gasteiger partial charge >= 0.3 is 6.09 Å². The highest BCUT2D eigenvalue weighted by Gasteiger charge is 2.15. The van der Waals surface area contributed by atoms with Crippen LogP contribution in [0.4, 0.5) is 4.79 Å². The Balaban J connectivity index is 3.41. The molecule has 1 atom stereocenters. The van der Waals surface area contributed by atoms with Gasteiger partial charge in [0.05, 0.1) is 19.8 Å². The Kier molecular flexibility index (Phi) is 14.9. The van der Waals surface area contributed by atoms with E-state index in [4.69, 9.17) is 14.2 Å². The number of rotatable bonds is 15. The largest absolute Gasteiger partial charge is 0.444 e. The highest BCUT2D eigenvalue weighted by atomic mass is 16.6. The average molecular weight is 360 g/mol. The van der Waals surface area contributed by atoms with E-state index in [9.17, 15) is 4.79 Å². The van der Waals surface area contributed by atoms with Gasteiger partial charge in [0, 0.05) is 13.2 Å². The van der Waals surface area contributed by atoms with Gasteiger partial charge in [0.2, 0.25) is 0 Å². The highest BCUT2D eigenvalue weighted by Crippen LogP contribution is 2.17. The normalized spacial score (nSPS) is 12.8. The summed E-state index contributed by atoms with van der Waals surface area (Å²) < 4.78 is 16.2. The standard InChI is InChI=1S/C20H41NO4/c1-6-8-9-10-11-18(7-2)12-14-23-16-17-24-15-13-21-19(22)25-20(3,4)5/h18H,6-17H2,1-5H3,(H,21,22). The Labute approximate surface area is 155 Å². The average Bonchev–Trinajstić information content (AvgIpc) is 2.53. The predicted octanol–water partition coefficient (Wildman–Crippen LogP) is 4.93. The monoisotopic (exact) mass is 359 g/mol. The summed E-state index contributed by atoms with van der Waals surface area (Å²) in [5, 5.41) is 2.67. The van der Waals surface area contributed by atoms with E-state index in [0.29, 0.717) is 26.4 Å². The number of hydrogen-bond acceptors (Lipinski definition) is 4. The molecule has 0 fully saturated rings. The van der Waals surface area contributed by atoms with Crippen molar-refractivity contribution >= 4 is 6.09 Å². The van der Waals surface area contributed by atoms with Gasteiger partial charge in [-0.2, -0.15) is 0 Å². The van der Waals surface area contributed by atoms with Crippen molar-refractivity contribution in [1.82, 2.24) is 5.32 Å². The van der Waals surface area contributed by atoms with Crippen LogP contribution in [0.3, 0.4) is 0 Å². The zero-order valence-electron chi connectivity index (χ0n) is 17.2. The van der Waals surface area contributed by atoms with Gasteiger partial charge in [-0.1, -0.05) is 52.4 Å². The molecule has 0 aromatic heterocycles. The molecule has 0 aliphatic rings. The molecule has 0 aromatic carbocycles. The second-order valence-electron chi connectivity index (χ2n) is 7.57. The summed E-state index contributed by atoms with van der Waals surface area (Å²) in [7, 11) is 0. The molecule has 0 aliphatic heterocycles. The first-order valence-corrected chi connectivity index (χ1v) is 10.0. The fraction of sp³-hybridized carbons (Fsp3) is 0.950. The van der Waals surface area contributed by atoms with Crippen LogP contribution in [0.5, 0.6) is 0 Å². The summed E-state index contributed by atoms with van der Waals surface area (Å²) in [5.74, 6) is 0.788. The first kappa shape index (κ1) is 24.2. The Morgan fingerprint density at radius 3 is 2.20 bits per heavy atom. The SMILES string of the molecule is CCCCCCC(CC)CCOCCOCCNC(=O)OC(C)(C)C. The Bertz CT molecular complexity index is 315. The van der Waals surface area contributed by atoms with Gasteiger partial charge in [0.25, 0.3) is 0 Å². The summed E-state index contributed by atoms with van der Waals surface area (Å²) in [6, 6.07) is 0. The lowest BCUT2D eigenvalue weighted by atomic mass is 9.95. The number of unbranched alkanes of at least 4 members (excludes halogenated alkanes) is 3. The molecular formula is C20H41NO4. The van der Waals surface area contributed by atoms with Gasteiger partial charge in [-0.15, -0.1) is 0 Å². The first-order valence-electron chi connectivity index (χ1n) is 10.0. The molecule has 5 nitrogen and oxygen atoms in total. The zero-order valence-corrected chi connectivity index (χ0v) is 17.2. The Hall–Kier alpha value is -0.810. The van der Waals surface area contributed by atoms with E-state index in [0.717, 1.165) is 18.9 Å². The number of hydrogen-bond donors (Lipinski definition) is 1. The second-order valence-corrected chi connectivity index (χ2v) is 7.57. The number of carbonyl (C=O) groups excluding carboxylic acids is 1. The third-order valence-corrected chi connectivity index (χ3v) is 4.00. The van der Waals surface area contributed by atoms with Crippen LogP contribution in [0.15, 0.2) is 0 Å². The third kappa shape index (κ3) is 17.8. The van der Waals surface area contributed by atoms with Gasteiger partial charge in [-0.25, -0.2) is 4.79 Å².